The highest BCUT2D eigenvalue weighted by Gasteiger charge is 2.32. The molecule has 0 heterocycles. The molecular weight excluding hydrogens is 256 g/mol. The van der Waals surface area contributed by atoms with Crippen LogP contribution in [0, 0.1) is 17.0 Å². The summed E-state index contributed by atoms with van der Waals surface area (Å²) in [7, 11) is 0. The van der Waals surface area contributed by atoms with Crippen LogP contribution >= 0.6 is 11.6 Å². The molecule has 1 aliphatic rings. The molecule has 0 saturated heterocycles. The predicted molar refractivity (Wildman–Crippen MR) is 69.7 cm³/mol. The highest BCUT2D eigenvalue weighted by Crippen LogP contribution is 2.38. The Morgan fingerprint density at radius 2 is 1.78 bits per heavy atom. The maximum Gasteiger partial charge on any atom is 0.130 e. The number of alkyl halides is 1. The topological polar surface area (TPSA) is 12.0 Å². The van der Waals surface area contributed by atoms with Crippen molar-refractivity contribution in [2.75, 3.05) is 12.4 Å². The quantitative estimate of drug-likeness (QED) is 0.804. The minimum absolute atomic E-state index is 0.111. The smallest absolute Gasteiger partial charge is 0.130 e. The summed E-state index contributed by atoms with van der Waals surface area (Å²) in [6, 6.07) is 3.95. The van der Waals surface area contributed by atoms with Gasteiger partial charge in [-0.25, -0.2) is 8.78 Å². The van der Waals surface area contributed by atoms with Crippen LogP contribution in [0.5, 0.6) is 0 Å². The Morgan fingerprint density at radius 3 is 2.33 bits per heavy atom. The number of nitrogens with one attached hydrogen (secondary N) is 1. The Hall–Kier alpha value is -0.670. The van der Waals surface area contributed by atoms with Crippen molar-refractivity contribution in [3.8, 4) is 0 Å². The van der Waals surface area contributed by atoms with E-state index < -0.39 is 11.6 Å². The third-order valence-corrected chi connectivity index (χ3v) is 4.38. The van der Waals surface area contributed by atoms with E-state index in [9.17, 15) is 8.78 Å². The van der Waals surface area contributed by atoms with Crippen LogP contribution in [-0.2, 0) is 6.54 Å². The fourth-order valence-corrected chi connectivity index (χ4v) is 3.00. The minimum atomic E-state index is -0.492. The van der Waals surface area contributed by atoms with Gasteiger partial charge in [0.05, 0.1) is 0 Å². The van der Waals surface area contributed by atoms with E-state index in [0.29, 0.717) is 5.88 Å². The molecule has 0 aromatic heterocycles. The summed E-state index contributed by atoms with van der Waals surface area (Å²) in [5.74, 6) is -0.373. The second-order valence-electron chi connectivity index (χ2n) is 5.14. The number of benzene rings is 1. The zero-order valence-corrected chi connectivity index (χ0v) is 11.1. The molecule has 1 aromatic rings. The van der Waals surface area contributed by atoms with Gasteiger partial charge in [0.1, 0.15) is 11.6 Å². The first kappa shape index (κ1) is 13.8. The van der Waals surface area contributed by atoms with Crippen LogP contribution < -0.4 is 5.32 Å². The van der Waals surface area contributed by atoms with Gasteiger partial charge >= 0.3 is 0 Å². The molecule has 0 aliphatic heterocycles. The van der Waals surface area contributed by atoms with Crippen molar-refractivity contribution in [3.63, 3.8) is 0 Å². The molecule has 1 fully saturated rings. The number of hydrogen-bond acceptors (Lipinski definition) is 1. The van der Waals surface area contributed by atoms with Crippen LogP contribution in [-0.4, -0.2) is 12.4 Å². The molecule has 1 nitrogen and oxygen atoms in total. The molecule has 0 atom stereocenters. The van der Waals surface area contributed by atoms with E-state index >= 15 is 0 Å². The Labute approximate surface area is 112 Å². The van der Waals surface area contributed by atoms with Crippen LogP contribution in [0.1, 0.15) is 31.2 Å². The van der Waals surface area contributed by atoms with Crippen molar-refractivity contribution in [1.82, 2.24) is 5.32 Å². The summed E-state index contributed by atoms with van der Waals surface area (Å²) in [4.78, 5) is 0. The predicted octanol–water partition coefficient (Wildman–Crippen LogP) is 3.85. The van der Waals surface area contributed by atoms with Crippen LogP contribution in [0.2, 0.25) is 0 Å². The molecule has 1 N–H and O–H groups in total. The Morgan fingerprint density at radius 1 is 1.17 bits per heavy atom. The third kappa shape index (κ3) is 3.01. The fraction of sp³-hybridized carbons (Fsp3) is 0.571. The van der Waals surface area contributed by atoms with Gasteiger partial charge in [0, 0.05) is 24.5 Å². The average Bonchev–Trinajstić information content (AvgIpc) is 2.82. The van der Waals surface area contributed by atoms with Gasteiger partial charge < -0.3 is 5.32 Å². The molecule has 2 rings (SSSR count). The molecule has 0 spiro atoms. The zero-order chi connectivity index (χ0) is 13.0. The SMILES string of the molecule is Fc1cccc(F)c1CNCC1(CCl)CCCC1. The number of hydrogen-bond donors (Lipinski definition) is 1. The minimum Gasteiger partial charge on any atom is -0.312 e. The normalized spacial score (nSPS) is 18.2. The maximum absolute atomic E-state index is 13.4. The first-order chi connectivity index (χ1) is 8.67. The lowest BCUT2D eigenvalue weighted by Gasteiger charge is -2.26. The van der Waals surface area contributed by atoms with Gasteiger partial charge in [-0.3, -0.25) is 0 Å². The fourth-order valence-electron chi connectivity index (χ4n) is 2.64. The summed E-state index contributed by atoms with van der Waals surface area (Å²) in [5.41, 5.74) is 0.226. The lowest BCUT2D eigenvalue weighted by molar-refractivity contribution is 0.318. The van der Waals surface area contributed by atoms with Crippen molar-refractivity contribution in [1.29, 1.82) is 0 Å². The lowest BCUT2D eigenvalue weighted by atomic mass is 9.88. The highest BCUT2D eigenvalue weighted by atomic mass is 35.5. The monoisotopic (exact) mass is 273 g/mol. The van der Waals surface area contributed by atoms with Gasteiger partial charge in [0.15, 0.2) is 0 Å². The molecule has 4 heteroatoms. The molecule has 0 amide bonds. The van der Waals surface area contributed by atoms with E-state index in [1.54, 1.807) is 0 Å². The Kier molecular flexibility index (Phi) is 4.57. The second-order valence-corrected chi connectivity index (χ2v) is 5.41. The molecule has 100 valence electrons. The molecule has 1 aromatic carbocycles. The van der Waals surface area contributed by atoms with E-state index in [0.717, 1.165) is 19.4 Å². The molecule has 0 unspecified atom stereocenters. The van der Waals surface area contributed by atoms with Gasteiger partial charge in [-0.2, -0.15) is 0 Å². The van der Waals surface area contributed by atoms with Crippen LogP contribution in [0.4, 0.5) is 8.78 Å². The summed E-state index contributed by atoms with van der Waals surface area (Å²) >= 11 is 6.02. The largest absolute Gasteiger partial charge is 0.312 e. The molecule has 1 aliphatic carbocycles. The van der Waals surface area contributed by atoms with Crippen LogP contribution in [0.3, 0.4) is 0 Å². The van der Waals surface area contributed by atoms with E-state index in [1.165, 1.54) is 31.0 Å². The molecule has 1 saturated carbocycles. The maximum atomic E-state index is 13.4. The van der Waals surface area contributed by atoms with Gasteiger partial charge in [-0.05, 0) is 30.4 Å². The van der Waals surface area contributed by atoms with Crippen LogP contribution in [0.25, 0.3) is 0 Å². The zero-order valence-electron chi connectivity index (χ0n) is 10.3. The molecule has 0 radical (unpaired) electrons. The number of rotatable bonds is 5. The molecule has 0 bridgehead atoms. The van der Waals surface area contributed by atoms with E-state index in [1.807, 2.05) is 0 Å². The van der Waals surface area contributed by atoms with Gasteiger partial charge in [-0.1, -0.05) is 18.9 Å². The van der Waals surface area contributed by atoms with Gasteiger partial charge in [-0.15, -0.1) is 11.6 Å². The Balaban J connectivity index is 1.92. The summed E-state index contributed by atoms with van der Waals surface area (Å²) in [6.45, 7) is 0.946. The molecule has 18 heavy (non-hydrogen) atoms. The first-order valence-electron chi connectivity index (χ1n) is 6.36. The van der Waals surface area contributed by atoms with Crippen LogP contribution in [0.15, 0.2) is 18.2 Å². The van der Waals surface area contributed by atoms with Gasteiger partial charge in [0.2, 0.25) is 0 Å². The van der Waals surface area contributed by atoms with Crippen molar-refractivity contribution < 1.29 is 8.78 Å². The van der Waals surface area contributed by atoms with Crippen molar-refractivity contribution >= 4 is 11.6 Å². The summed E-state index contributed by atoms with van der Waals surface area (Å²) < 4.78 is 26.8. The summed E-state index contributed by atoms with van der Waals surface area (Å²) in [5, 5.41) is 3.15. The first-order valence-corrected chi connectivity index (χ1v) is 6.90. The molecular formula is C14H18ClF2N. The standard InChI is InChI=1S/C14H18ClF2N/c15-9-14(6-1-2-7-14)10-18-8-11-12(16)4-3-5-13(11)17/h3-5,18H,1-2,6-10H2. The van der Waals surface area contributed by atoms with Gasteiger partial charge in [0.25, 0.3) is 0 Å². The lowest BCUT2D eigenvalue weighted by Crippen LogP contribution is -2.33. The highest BCUT2D eigenvalue weighted by molar-refractivity contribution is 6.18. The second kappa shape index (κ2) is 5.98. The van der Waals surface area contributed by atoms with Crippen molar-refractivity contribution in [2.45, 2.75) is 32.2 Å². The average molecular weight is 274 g/mol. The third-order valence-electron chi connectivity index (χ3n) is 3.81. The van der Waals surface area contributed by atoms with E-state index in [-0.39, 0.29) is 17.5 Å². The Bertz CT molecular complexity index is 383. The number of halogens is 3. The van der Waals surface area contributed by atoms with E-state index in [4.69, 9.17) is 11.6 Å². The van der Waals surface area contributed by atoms with Crippen molar-refractivity contribution in [3.05, 3.63) is 35.4 Å². The van der Waals surface area contributed by atoms with E-state index in [2.05, 4.69) is 5.32 Å². The summed E-state index contributed by atoms with van der Waals surface area (Å²) in [6.07, 6.45) is 4.59. The van der Waals surface area contributed by atoms with Crippen molar-refractivity contribution in [2.24, 2.45) is 5.41 Å².